The largest absolute Gasteiger partial charge is 0.416 e. The number of amides is 1. The minimum atomic E-state index is -4.36. The maximum atomic E-state index is 12.8. The molecule has 26 heavy (non-hydrogen) atoms. The van der Waals surface area contributed by atoms with Gasteiger partial charge in [-0.2, -0.15) is 13.2 Å². The fourth-order valence-electron chi connectivity index (χ4n) is 2.68. The normalized spacial score (nSPS) is 15.7. The van der Waals surface area contributed by atoms with Crippen molar-refractivity contribution in [3.8, 4) is 0 Å². The van der Waals surface area contributed by atoms with Gasteiger partial charge in [0.1, 0.15) is 0 Å². The van der Waals surface area contributed by atoms with E-state index >= 15 is 0 Å². The van der Waals surface area contributed by atoms with Gasteiger partial charge in [-0.1, -0.05) is 6.07 Å². The van der Waals surface area contributed by atoms with Crippen LogP contribution in [0.1, 0.15) is 12.0 Å². The van der Waals surface area contributed by atoms with Crippen LogP contribution in [0.5, 0.6) is 0 Å². The Balaban J connectivity index is 0.00000312. The smallest absolute Gasteiger partial charge is 0.380 e. The van der Waals surface area contributed by atoms with Crippen molar-refractivity contribution in [2.24, 2.45) is 5.73 Å². The van der Waals surface area contributed by atoms with Crippen molar-refractivity contribution in [3.05, 3.63) is 29.8 Å². The number of alkyl halides is 3. The zero-order chi connectivity index (χ0) is 17.7. The number of benzene rings is 1. The Morgan fingerprint density at radius 2 is 1.85 bits per heavy atom. The van der Waals surface area contributed by atoms with Gasteiger partial charge in [0, 0.05) is 45.5 Å². The zero-order valence-corrected chi connectivity index (χ0v) is 16.0. The number of rotatable bonds is 5. The molecule has 1 aliphatic rings. The first kappa shape index (κ1) is 24.8. The monoisotopic (exact) mass is 417 g/mol. The molecule has 2 rings (SSSR count). The molecule has 10 heteroatoms. The van der Waals surface area contributed by atoms with Gasteiger partial charge in [0.15, 0.2) is 0 Å². The molecule has 0 aliphatic carbocycles. The average Bonchev–Trinajstić information content (AvgIpc) is 2.59. The van der Waals surface area contributed by atoms with E-state index in [1.54, 1.807) is 11.0 Å². The Hall–Kier alpha value is -1.22. The Morgan fingerprint density at radius 1 is 1.23 bits per heavy atom. The Bertz CT molecular complexity index is 564. The third-order valence-electron chi connectivity index (χ3n) is 4.17. The number of nitrogens with two attached hydrogens (primary N) is 1. The van der Waals surface area contributed by atoms with Crippen LogP contribution >= 0.6 is 24.8 Å². The summed E-state index contributed by atoms with van der Waals surface area (Å²) < 4.78 is 43.5. The molecule has 0 saturated carbocycles. The molecule has 0 bridgehead atoms. The minimum Gasteiger partial charge on any atom is -0.380 e. The lowest BCUT2D eigenvalue weighted by atomic mass is 10.1. The molecule has 1 atom stereocenters. The summed E-state index contributed by atoms with van der Waals surface area (Å²) in [7, 11) is 1.51. The summed E-state index contributed by atoms with van der Waals surface area (Å²) >= 11 is 0. The molecule has 1 unspecified atom stereocenters. The van der Waals surface area contributed by atoms with Gasteiger partial charge in [-0.15, -0.1) is 24.8 Å². The molecule has 0 radical (unpaired) electrons. The van der Waals surface area contributed by atoms with Crippen LogP contribution in [-0.2, 0) is 15.7 Å². The van der Waals surface area contributed by atoms with Crippen LogP contribution in [0.3, 0.4) is 0 Å². The first-order valence-corrected chi connectivity index (χ1v) is 7.78. The molecule has 1 amide bonds. The predicted molar refractivity (Wildman–Crippen MR) is 99.2 cm³/mol. The van der Waals surface area contributed by atoms with Crippen molar-refractivity contribution >= 4 is 36.4 Å². The molecule has 1 heterocycles. The highest BCUT2D eigenvalue weighted by Gasteiger charge is 2.31. The molecular weight excluding hydrogens is 394 g/mol. The molecule has 2 N–H and O–H groups in total. The van der Waals surface area contributed by atoms with Gasteiger partial charge in [-0.05, 0) is 18.2 Å². The molecule has 1 aromatic carbocycles. The van der Waals surface area contributed by atoms with Gasteiger partial charge in [-0.25, -0.2) is 0 Å². The van der Waals surface area contributed by atoms with E-state index in [2.05, 4.69) is 0 Å². The average molecular weight is 418 g/mol. The Labute approximate surface area is 163 Å². The van der Waals surface area contributed by atoms with E-state index in [1.807, 2.05) is 4.90 Å². The summed E-state index contributed by atoms with van der Waals surface area (Å²) in [5, 5.41) is 0. The van der Waals surface area contributed by atoms with Crippen molar-refractivity contribution in [1.82, 2.24) is 4.90 Å². The van der Waals surface area contributed by atoms with Gasteiger partial charge in [-0.3, -0.25) is 4.79 Å². The van der Waals surface area contributed by atoms with Crippen LogP contribution in [0, 0.1) is 0 Å². The summed E-state index contributed by atoms with van der Waals surface area (Å²) in [5.74, 6) is -0.0454. The molecule has 1 aromatic rings. The molecule has 1 fully saturated rings. The molecular formula is C16H24Cl2F3N3O2. The number of ether oxygens (including phenoxy) is 1. The van der Waals surface area contributed by atoms with Gasteiger partial charge in [0.25, 0.3) is 0 Å². The van der Waals surface area contributed by atoms with Gasteiger partial charge in [0.2, 0.25) is 5.91 Å². The summed E-state index contributed by atoms with van der Waals surface area (Å²) in [6, 6.07) is 5.26. The number of methoxy groups -OCH3 is 1. The number of carbonyl (C=O) groups is 1. The van der Waals surface area contributed by atoms with Crippen molar-refractivity contribution in [2.75, 3.05) is 44.7 Å². The fourth-order valence-corrected chi connectivity index (χ4v) is 2.68. The lowest BCUT2D eigenvalue weighted by molar-refractivity contribution is -0.137. The lowest BCUT2D eigenvalue weighted by Gasteiger charge is -2.36. The highest BCUT2D eigenvalue weighted by Crippen LogP contribution is 2.31. The third-order valence-corrected chi connectivity index (χ3v) is 4.17. The number of halogens is 5. The highest BCUT2D eigenvalue weighted by molar-refractivity contribution is 5.85. The molecule has 5 nitrogen and oxygen atoms in total. The molecule has 1 saturated heterocycles. The summed E-state index contributed by atoms with van der Waals surface area (Å²) in [6.45, 7) is 2.19. The van der Waals surface area contributed by atoms with E-state index in [9.17, 15) is 18.0 Å². The zero-order valence-electron chi connectivity index (χ0n) is 14.4. The summed E-state index contributed by atoms with van der Waals surface area (Å²) in [6.07, 6.45) is -4.44. The maximum absolute atomic E-state index is 12.8. The second-order valence-electron chi connectivity index (χ2n) is 5.71. The molecule has 1 aliphatic heterocycles. The van der Waals surface area contributed by atoms with Crippen LogP contribution in [0.4, 0.5) is 18.9 Å². The fraction of sp³-hybridized carbons (Fsp3) is 0.562. The van der Waals surface area contributed by atoms with Crippen LogP contribution in [0.25, 0.3) is 0 Å². The molecule has 150 valence electrons. The van der Waals surface area contributed by atoms with E-state index in [-0.39, 0.29) is 49.8 Å². The van der Waals surface area contributed by atoms with Crippen molar-refractivity contribution in [1.29, 1.82) is 0 Å². The number of hydrogen-bond acceptors (Lipinski definition) is 4. The quantitative estimate of drug-likeness (QED) is 0.799. The number of piperazine rings is 1. The highest BCUT2D eigenvalue weighted by atomic mass is 35.5. The number of carbonyl (C=O) groups excluding carboxylic acids is 1. The van der Waals surface area contributed by atoms with E-state index in [4.69, 9.17) is 10.5 Å². The molecule has 0 aromatic heterocycles. The number of hydrogen-bond donors (Lipinski definition) is 1. The van der Waals surface area contributed by atoms with Crippen molar-refractivity contribution in [3.63, 3.8) is 0 Å². The first-order valence-electron chi connectivity index (χ1n) is 7.78. The second kappa shape index (κ2) is 10.8. The van der Waals surface area contributed by atoms with E-state index in [1.165, 1.54) is 13.2 Å². The van der Waals surface area contributed by atoms with E-state index < -0.39 is 11.7 Å². The van der Waals surface area contributed by atoms with Crippen LogP contribution in [0.2, 0.25) is 0 Å². The Kier molecular flexibility index (Phi) is 10.3. The third kappa shape index (κ3) is 6.50. The van der Waals surface area contributed by atoms with Crippen LogP contribution in [0.15, 0.2) is 24.3 Å². The molecule has 0 spiro atoms. The van der Waals surface area contributed by atoms with Gasteiger partial charge in [0.05, 0.1) is 18.1 Å². The first-order chi connectivity index (χ1) is 11.3. The van der Waals surface area contributed by atoms with E-state index in [0.717, 1.165) is 12.1 Å². The van der Waals surface area contributed by atoms with Crippen molar-refractivity contribution < 1.29 is 22.7 Å². The number of anilines is 1. The summed E-state index contributed by atoms with van der Waals surface area (Å²) in [4.78, 5) is 15.7. The number of nitrogens with zero attached hydrogens (tertiary/aromatic N) is 2. The maximum Gasteiger partial charge on any atom is 0.416 e. The van der Waals surface area contributed by atoms with Gasteiger partial charge >= 0.3 is 6.18 Å². The van der Waals surface area contributed by atoms with Crippen molar-refractivity contribution in [2.45, 2.75) is 18.7 Å². The predicted octanol–water partition coefficient (Wildman–Crippen LogP) is 2.56. The van der Waals surface area contributed by atoms with Crippen LogP contribution in [-0.4, -0.2) is 56.7 Å². The van der Waals surface area contributed by atoms with Gasteiger partial charge < -0.3 is 20.3 Å². The standard InChI is InChI=1S/C16H22F3N3O2.2ClH/c1-24-14(11-20)10-15(23)22-7-5-21(6-8-22)13-4-2-3-12(9-13)16(17,18)19;;/h2-4,9,14H,5-8,10-11,20H2,1H3;2*1H. The van der Waals surface area contributed by atoms with Crippen LogP contribution < -0.4 is 10.6 Å². The minimum absolute atomic E-state index is 0. The van der Waals surface area contributed by atoms with E-state index in [0.29, 0.717) is 31.9 Å². The summed E-state index contributed by atoms with van der Waals surface area (Å²) in [5.41, 5.74) is 5.37. The lowest BCUT2D eigenvalue weighted by Crippen LogP contribution is -2.49. The SMILES string of the molecule is COC(CN)CC(=O)N1CCN(c2cccc(C(F)(F)F)c2)CC1.Cl.Cl. The Morgan fingerprint density at radius 3 is 2.35 bits per heavy atom. The second-order valence-corrected chi connectivity index (χ2v) is 5.71. The topological polar surface area (TPSA) is 58.8 Å².